The van der Waals surface area contributed by atoms with Gasteiger partial charge in [0.15, 0.2) is 0 Å². The van der Waals surface area contributed by atoms with Gasteiger partial charge in [-0.05, 0) is 18.4 Å². The summed E-state index contributed by atoms with van der Waals surface area (Å²) < 4.78 is 5.53. The fourth-order valence-electron chi connectivity index (χ4n) is 0.834. The van der Waals surface area contributed by atoms with E-state index in [9.17, 15) is 0 Å². The first-order valence-electron chi connectivity index (χ1n) is 3.62. The second-order valence-corrected chi connectivity index (χ2v) is 3.19. The topological polar surface area (TPSA) is 9.23 Å². The van der Waals surface area contributed by atoms with Crippen LogP contribution in [-0.4, -0.2) is 6.10 Å². The zero-order valence-electron chi connectivity index (χ0n) is 6.62. The van der Waals surface area contributed by atoms with Crippen LogP contribution in [0.2, 0.25) is 0 Å². The summed E-state index contributed by atoms with van der Waals surface area (Å²) in [5.74, 6) is 0.962. The SMILES string of the molecule is C=CCC(C)Oc1ccsc1. The lowest BCUT2D eigenvalue weighted by Gasteiger charge is -2.09. The van der Waals surface area contributed by atoms with Crippen LogP contribution >= 0.6 is 11.3 Å². The second-order valence-electron chi connectivity index (χ2n) is 2.41. The van der Waals surface area contributed by atoms with E-state index in [-0.39, 0.29) is 6.10 Å². The third-order valence-corrected chi connectivity index (χ3v) is 1.99. The lowest BCUT2D eigenvalue weighted by molar-refractivity contribution is 0.226. The van der Waals surface area contributed by atoms with E-state index in [1.54, 1.807) is 11.3 Å². The minimum atomic E-state index is 0.238. The van der Waals surface area contributed by atoms with Crippen LogP contribution in [0.3, 0.4) is 0 Å². The third kappa shape index (κ3) is 2.76. The highest BCUT2D eigenvalue weighted by Crippen LogP contribution is 2.17. The lowest BCUT2D eigenvalue weighted by Crippen LogP contribution is -2.09. The minimum absolute atomic E-state index is 0.238. The molecule has 60 valence electrons. The molecule has 11 heavy (non-hydrogen) atoms. The van der Waals surface area contributed by atoms with Gasteiger partial charge in [0.2, 0.25) is 0 Å². The molecule has 1 unspecified atom stereocenters. The lowest BCUT2D eigenvalue weighted by atomic mass is 10.3. The van der Waals surface area contributed by atoms with Crippen molar-refractivity contribution in [3.8, 4) is 5.75 Å². The van der Waals surface area contributed by atoms with Crippen LogP contribution in [0.25, 0.3) is 0 Å². The van der Waals surface area contributed by atoms with E-state index in [4.69, 9.17) is 4.74 Å². The molecule has 1 nitrogen and oxygen atoms in total. The molecule has 0 saturated heterocycles. The Morgan fingerprint density at radius 2 is 2.64 bits per heavy atom. The minimum Gasteiger partial charge on any atom is -0.490 e. The highest BCUT2D eigenvalue weighted by Gasteiger charge is 2.00. The van der Waals surface area contributed by atoms with Gasteiger partial charge >= 0.3 is 0 Å². The second kappa shape index (κ2) is 4.19. The van der Waals surface area contributed by atoms with Gasteiger partial charge in [0.25, 0.3) is 0 Å². The van der Waals surface area contributed by atoms with Gasteiger partial charge in [-0.1, -0.05) is 6.08 Å². The first-order chi connectivity index (χ1) is 5.33. The Morgan fingerprint density at radius 3 is 3.18 bits per heavy atom. The molecule has 0 aliphatic heterocycles. The van der Waals surface area contributed by atoms with Gasteiger partial charge in [-0.15, -0.1) is 17.9 Å². The fourth-order valence-corrected chi connectivity index (χ4v) is 1.39. The molecule has 0 aliphatic carbocycles. The van der Waals surface area contributed by atoms with Gasteiger partial charge in [0, 0.05) is 11.8 Å². The summed E-state index contributed by atoms with van der Waals surface area (Å²) in [4.78, 5) is 0. The smallest absolute Gasteiger partial charge is 0.130 e. The first-order valence-corrected chi connectivity index (χ1v) is 4.57. The van der Waals surface area contributed by atoms with E-state index in [1.165, 1.54) is 0 Å². The Bertz CT molecular complexity index is 203. The molecule has 2 heteroatoms. The van der Waals surface area contributed by atoms with E-state index >= 15 is 0 Å². The largest absolute Gasteiger partial charge is 0.490 e. The van der Waals surface area contributed by atoms with Gasteiger partial charge in [-0.25, -0.2) is 0 Å². The average Bonchev–Trinajstić information content (AvgIpc) is 2.40. The van der Waals surface area contributed by atoms with E-state index in [2.05, 4.69) is 6.58 Å². The molecule has 1 heterocycles. The van der Waals surface area contributed by atoms with E-state index < -0.39 is 0 Å². The Hall–Kier alpha value is -0.760. The zero-order valence-corrected chi connectivity index (χ0v) is 7.43. The van der Waals surface area contributed by atoms with E-state index in [0.717, 1.165) is 12.2 Å². The van der Waals surface area contributed by atoms with Crippen LogP contribution in [0.4, 0.5) is 0 Å². The maximum atomic E-state index is 5.53. The van der Waals surface area contributed by atoms with Gasteiger partial charge in [0.05, 0.1) is 6.10 Å². The van der Waals surface area contributed by atoms with E-state index in [1.807, 2.05) is 29.8 Å². The van der Waals surface area contributed by atoms with Crippen molar-refractivity contribution in [2.24, 2.45) is 0 Å². The predicted octanol–water partition coefficient (Wildman–Crippen LogP) is 3.09. The van der Waals surface area contributed by atoms with Crippen LogP contribution in [0.5, 0.6) is 5.75 Å². The van der Waals surface area contributed by atoms with E-state index in [0.29, 0.717) is 0 Å². The van der Waals surface area contributed by atoms with Gasteiger partial charge in [0.1, 0.15) is 5.75 Å². The number of rotatable bonds is 4. The maximum Gasteiger partial charge on any atom is 0.130 e. The molecule has 0 fully saturated rings. The number of thiophene rings is 1. The Kier molecular flexibility index (Phi) is 3.17. The van der Waals surface area contributed by atoms with Crippen molar-refractivity contribution in [2.75, 3.05) is 0 Å². The summed E-state index contributed by atoms with van der Waals surface area (Å²) >= 11 is 1.65. The van der Waals surface area contributed by atoms with Crippen LogP contribution in [0, 0.1) is 0 Å². The molecule has 1 aromatic rings. The van der Waals surface area contributed by atoms with Gasteiger partial charge < -0.3 is 4.74 Å². The summed E-state index contributed by atoms with van der Waals surface area (Å²) in [6, 6.07) is 1.98. The molecule has 0 radical (unpaired) electrons. The predicted molar refractivity (Wildman–Crippen MR) is 49.2 cm³/mol. The van der Waals surface area contributed by atoms with Crippen molar-refractivity contribution in [2.45, 2.75) is 19.4 Å². The summed E-state index contributed by atoms with van der Waals surface area (Å²) in [5, 5.41) is 4.01. The van der Waals surface area contributed by atoms with Crippen LogP contribution < -0.4 is 4.74 Å². The van der Waals surface area contributed by atoms with Crippen molar-refractivity contribution in [1.29, 1.82) is 0 Å². The molecule has 0 N–H and O–H groups in total. The van der Waals surface area contributed by atoms with Gasteiger partial charge in [-0.3, -0.25) is 0 Å². The third-order valence-electron chi connectivity index (χ3n) is 1.33. The van der Waals surface area contributed by atoms with Gasteiger partial charge in [-0.2, -0.15) is 0 Å². The highest BCUT2D eigenvalue weighted by atomic mass is 32.1. The van der Waals surface area contributed by atoms with Crippen molar-refractivity contribution < 1.29 is 4.74 Å². The molecule has 0 amide bonds. The summed E-state index contributed by atoms with van der Waals surface area (Å²) in [7, 11) is 0. The Morgan fingerprint density at radius 1 is 1.82 bits per heavy atom. The van der Waals surface area contributed by atoms with Crippen molar-refractivity contribution in [1.82, 2.24) is 0 Å². The molecule has 0 bridgehead atoms. The Balaban J connectivity index is 2.37. The highest BCUT2D eigenvalue weighted by molar-refractivity contribution is 7.08. The normalized spacial score (nSPS) is 12.5. The standard InChI is InChI=1S/C9H12OS/c1-3-4-8(2)10-9-5-6-11-7-9/h3,5-8H,1,4H2,2H3. The van der Waals surface area contributed by atoms with Crippen LogP contribution in [0.15, 0.2) is 29.5 Å². The molecule has 0 aromatic carbocycles. The molecular formula is C9H12OS. The molecular weight excluding hydrogens is 156 g/mol. The monoisotopic (exact) mass is 168 g/mol. The van der Waals surface area contributed by atoms with Crippen LogP contribution in [-0.2, 0) is 0 Å². The fraction of sp³-hybridized carbons (Fsp3) is 0.333. The summed E-state index contributed by atoms with van der Waals surface area (Å²) in [5.41, 5.74) is 0. The quantitative estimate of drug-likeness (QED) is 0.628. The average molecular weight is 168 g/mol. The first kappa shape index (κ1) is 8.34. The molecule has 0 spiro atoms. The summed E-state index contributed by atoms with van der Waals surface area (Å²) in [6.45, 7) is 5.69. The van der Waals surface area contributed by atoms with Crippen molar-refractivity contribution in [3.05, 3.63) is 29.5 Å². The molecule has 1 rings (SSSR count). The molecule has 0 saturated carbocycles. The number of hydrogen-bond acceptors (Lipinski definition) is 2. The number of ether oxygens (including phenoxy) is 1. The molecule has 1 aromatic heterocycles. The van der Waals surface area contributed by atoms with Crippen LogP contribution in [0.1, 0.15) is 13.3 Å². The zero-order chi connectivity index (χ0) is 8.10. The van der Waals surface area contributed by atoms with Crippen molar-refractivity contribution >= 4 is 11.3 Å². The summed E-state index contributed by atoms with van der Waals surface area (Å²) in [6.07, 6.45) is 3.01. The van der Waals surface area contributed by atoms with Crippen molar-refractivity contribution in [3.63, 3.8) is 0 Å². The Labute approximate surface area is 71.3 Å². The number of hydrogen-bond donors (Lipinski definition) is 0. The maximum absolute atomic E-state index is 5.53. The molecule has 0 aliphatic rings. The molecule has 1 atom stereocenters.